The number of anilines is 1. The van der Waals surface area contributed by atoms with Gasteiger partial charge in [0, 0.05) is 11.9 Å². The first-order chi connectivity index (χ1) is 13.0. The second kappa shape index (κ2) is 7.82. The molecule has 2 amide bonds. The molecular weight excluding hydrogens is 344 g/mol. The van der Waals surface area contributed by atoms with E-state index in [1.54, 1.807) is 42.5 Å². The van der Waals surface area contributed by atoms with Crippen LogP contribution in [-0.2, 0) is 6.54 Å². The Morgan fingerprint density at radius 2 is 1.74 bits per heavy atom. The molecule has 1 aromatic heterocycles. The van der Waals surface area contributed by atoms with Gasteiger partial charge in [-0.25, -0.2) is 4.68 Å². The van der Waals surface area contributed by atoms with E-state index in [2.05, 4.69) is 10.4 Å². The predicted molar refractivity (Wildman–Crippen MR) is 104 cm³/mol. The molecule has 7 nitrogen and oxygen atoms in total. The van der Waals surface area contributed by atoms with Crippen LogP contribution in [0.25, 0.3) is 10.8 Å². The zero-order valence-electron chi connectivity index (χ0n) is 14.9. The van der Waals surface area contributed by atoms with E-state index >= 15 is 0 Å². The van der Waals surface area contributed by atoms with Crippen molar-refractivity contribution in [3.05, 3.63) is 70.1 Å². The minimum Gasteiger partial charge on any atom is -0.366 e. The molecule has 1 heterocycles. The Morgan fingerprint density at radius 3 is 2.44 bits per heavy atom. The van der Waals surface area contributed by atoms with Gasteiger partial charge in [0.25, 0.3) is 17.4 Å². The number of amides is 2. The third kappa shape index (κ3) is 3.72. The molecule has 3 aromatic rings. The van der Waals surface area contributed by atoms with Gasteiger partial charge >= 0.3 is 0 Å². The van der Waals surface area contributed by atoms with E-state index in [-0.39, 0.29) is 16.8 Å². The monoisotopic (exact) mass is 364 g/mol. The number of nitrogens with one attached hydrogen (secondary N) is 1. The van der Waals surface area contributed by atoms with Crippen LogP contribution in [-0.4, -0.2) is 21.6 Å². The third-order valence-corrected chi connectivity index (χ3v) is 4.25. The van der Waals surface area contributed by atoms with Crippen LogP contribution in [0.1, 0.15) is 40.6 Å². The van der Waals surface area contributed by atoms with Crippen molar-refractivity contribution in [3.63, 3.8) is 0 Å². The van der Waals surface area contributed by atoms with Crippen molar-refractivity contribution < 1.29 is 9.59 Å². The number of nitrogens with two attached hydrogens (primary N) is 1. The fourth-order valence-corrected chi connectivity index (χ4v) is 2.85. The SMILES string of the molecule is CCCCn1nc(C(=O)Nc2ccccc2C(N)=O)c2ccccc2c1=O. The number of unbranched alkanes of at least 4 members (excludes halogenated alkanes) is 1. The summed E-state index contributed by atoms with van der Waals surface area (Å²) in [6, 6.07) is 13.3. The Kier molecular flexibility index (Phi) is 5.30. The van der Waals surface area contributed by atoms with E-state index in [0.717, 1.165) is 12.8 Å². The van der Waals surface area contributed by atoms with Crippen LogP contribution >= 0.6 is 0 Å². The smallest absolute Gasteiger partial charge is 0.276 e. The molecule has 0 aliphatic heterocycles. The molecular formula is C20H20N4O3. The number of rotatable bonds is 6. The molecule has 2 aromatic carbocycles. The number of primary amides is 1. The van der Waals surface area contributed by atoms with Crippen molar-refractivity contribution in [2.75, 3.05) is 5.32 Å². The van der Waals surface area contributed by atoms with E-state index < -0.39 is 11.8 Å². The Labute approximate surface area is 155 Å². The highest BCUT2D eigenvalue weighted by molar-refractivity contribution is 6.13. The Hall–Kier alpha value is -3.48. The molecule has 0 saturated carbocycles. The number of aromatic nitrogens is 2. The zero-order valence-corrected chi connectivity index (χ0v) is 14.9. The highest BCUT2D eigenvalue weighted by Gasteiger charge is 2.18. The summed E-state index contributed by atoms with van der Waals surface area (Å²) in [4.78, 5) is 37.1. The molecule has 7 heteroatoms. The molecule has 27 heavy (non-hydrogen) atoms. The van der Waals surface area contributed by atoms with Crippen molar-refractivity contribution in [3.8, 4) is 0 Å². The zero-order chi connectivity index (χ0) is 19.4. The van der Waals surface area contributed by atoms with Crippen LogP contribution in [0.3, 0.4) is 0 Å². The fourth-order valence-electron chi connectivity index (χ4n) is 2.85. The maximum atomic E-state index is 12.9. The lowest BCUT2D eigenvalue weighted by molar-refractivity contribution is 0.100. The summed E-state index contributed by atoms with van der Waals surface area (Å²) >= 11 is 0. The number of benzene rings is 2. The van der Waals surface area contributed by atoms with Crippen LogP contribution in [0.15, 0.2) is 53.3 Å². The van der Waals surface area contributed by atoms with Crippen LogP contribution in [0, 0.1) is 0 Å². The summed E-state index contributed by atoms with van der Waals surface area (Å²) in [6.45, 7) is 2.44. The number of carbonyl (C=O) groups excluding carboxylic acids is 2. The second-order valence-electron chi connectivity index (χ2n) is 6.14. The quantitative estimate of drug-likeness (QED) is 0.701. The lowest BCUT2D eigenvalue weighted by Crippen LogP contribution is -2.28. The standard InChI is InChI=1S/C20H20N4O3/c1-2-3-12-24-20(27)14-9-5-4-8-13(14)17(23-24)19(26)22-16-11-7-6-10-15(16)18(21)25/h4-11H,2-3,12H2,1H3,(H2,21,25)(H,22,26). The van der Waals surface area contributed by atoms with Gasteiger partial charge in [0.1, 0.15) is 0 Å². The van der Waals surface area contributed by atoms with Gasteiger partial charge in [-0.05, 0) is 24.6 Å². The number of aryl methyl sites for hydroxylation is 1. The summed E-state index contributed by atoms with van der Waals surface area (Å²) in [7, 11) is 0. The van der Waals surface area contributed by atoms with Gasteiger partial charge in [-0.3, -0.25) is 14.4 Å². The molecule has 0 saturated heterocycles. The van der Waals surface area contributed by atoms with Gasteiger partial charge in [-0.1, -0.05) is 43.7 Å². The van der Waals surface area contributed by atoms with Crippen molar-refractivity contribution >= 4 is 28.3 Å². The first-order valence-corrected chi connectivity index (χ1v) is 8.73. The molecule has 3 rings (SSSR count). The number of nitrogens with zero attached hydrogens (tertiary/aromatic N) is 2. The predicted octanol–water partition coefficient (Wildman–Crippen LogP) is 2.55. The summed E-state index contributed by atoms with van der Waals surface area (Å²) in [5.74, 6) is -1.15. The van der Waals surface area contributed by atoms with Gasteiger partial charge in [-0.2, -0.15) is 5.10 Å². The third-order valence-electron chi connectivity index (χ3n) is 4.25. The molecule has 0 unspecified atom stereocenters. The summed E-state index contributed by atoms with van der Waals surface area (Å²) in [5, 5.41) is 7.86. The lowest BCUT2D eigenvalue weighted by Gasteiger charge is -2.12. The topological polar surface area (TPSA) is 107 Å². The molecule has 0 aliphatic rings. The van der Waals surface area contributed by atoms with Crippen molar-refractivity contribution in [1.29, 1.82) is 0 Å². The molecule has 0 spiro atoms. The summed E-state index contributed by atoms with van der Waals surface area (Å²) < 4.78 is 1.32. The van der Waals surface area contributed by atoms with Crippen LogP contribution in [0.4, 0.5) is 5.69 Å². The van der Waals surface area contributed by atoms with Gasteiger partial charge in [-0.15, -0.1) is 0 Å². The molecule has 0 fully saturated rings. The summed E-state index contributed by atoms with van der Waals surface area (Å²) in [6.07, 6.45) is 1.67. The van der Waals surface area contributed by atoms with Crippen LogP contribution in [0.5, 0.6) is 0 Å². The maximum Gasteiger partial charge on any atom is 0.276 e. The van der Waals surface area contributed by atoms with Gasteiger partial charge in [0.15, 0.2) is 5.69 Å². The minimum absolute atomic E-state index is 0.126. The highest BCUT2D eigenvalue weighted by Crippen LogP contribution is 2.18. The normalized spacial score (nSPS) is 10.7. The minimum atomic E-state index is -0.642. The molecule has 3 N–H and O–H groups in total. The van der Waals surface area contributed by atoms with Crippen LogP contribution < -0.4 is 16.6 Å². The highest BCUT2D eigenvalue weighted by atomic mass is 16.2. The maximum absolute atomic E-state index is 12.9. The first-order valence-electron chi connectivity index (χ1n) is 8.73. The number of carbonyl (C=O) groups is 2. The number of hydrogen-bond donors (Lipinski definition) is 2. The van der Waals surface area contributed by atoms with E-state index in [4.69, 9.17) is 5.73 Å². The lowest BCUT2D eigenvalue weighted by atomic mass is 10.1. The van der Waals surface area contributed by atoms with E-state index in [9.17, 15) is 14.4 Å². The van der Waals surface area contributed by atoms with Gasteiger partial charge in [0.2, 0.25) is 0 Å². The Morgan fingerprint density at radius 1 is 1.07 bits per heavy atom. The molecule has 138 valence electrons. The Balaban J connectivity index is 2.08. The molecule has 0 bridgehead atoms. The Bertz CT molecular complexity index is 1070. The van der Waals surface area contributed by atoms with Crippen LogP contribution in [0.2, 0.25) is 0 Å². The first kappa shape index (κ1) is 18.3. The number of hydrogen-bond acceptors (Lipinski definition) is 4. The van der Waals surface area contributed by atoms with E-state index in [1.807, 2.05) is 6.92 Å². The molecule has 0 radical (unpaired) electrons. The van der Waals surface area contributed by atoms with Crippen molar-refractivity contribution in [1.82, 2.24) is 9.78 Å². The molecule has 0 atom stereocenters. The average Bonchev–Trinajstić information content (AvgIpc) is 2.68. The van der Waals surface area contributed by atoms with Crippen molar-refractivity contribution in [2.45, 2.75) is 26.3 Å². The largest absolute Gasteiger partial charge is 0.366 e. The van der Waals surface area contributed by atoms with E-state index in [1.165, 1.54) is 10.7 Å². The van der Waals surface area contributed by atoms with Gasteiger partial charge < -0.3 is 11.1 Å². The summed E-state index contributed by atoms with van der Waals surface area (Å²) in [5.41, 5.74) is 5.77. The van der Waals surface area contributed by atoms with E-state index in [0.29, 0.717) is 23.0 Å². The number of para-hydroxylation sites is 1. The average molecular weight is 364 g/mol. The van der Waals surface area contributed by atoms with Gasteiger partial charge in [0.05, 0.1) is 16.6 Å². The van der Waals surface area contributed by atoms with Crippen molar-refractivity contribution in [2.24, 2.45) is 5.73 Å². The number of fused-ring (bicyclic) bond motifs is 1. The second-order valence-corrected chi connectivity index (χ2v) is 6.14. The molecule has 0 aliphatic carbocycles. The fraction of sp³-hybridized carbons (Fsp3) is 0.200.